The van der Waals surface area contributed by atoms with Gasteiger partial charge in [0.15, 0.2) is 0 Å². The van der Waals surface area contributed by atoms with Crippen molar-refractivity contribution in [1.29, 1.82) is 5.41 Å². The van der Waals surface area contributed by atoms with Crippen molar-refractivity contribution in [2.24, 2.45) is 11.5 Å². The molecule has 12 heteroatoms. The standard InChI is InChI=1S/C24H31N5O4S.2ClH/c1-2-34(31,32)29(14-4-6-17-5-3-7-18(15-17)23(25)26)19-8-9-22(21(16-19)24(27)30)33-20-10-12-28-13-11-20;;/h3-9,15-16,20,28H,2,10-14H2,1H3,(H3,25,26)(H2,27,30);2*1H/b6-4+;;. The number of sulfonamides is 1. The second kappa shape index (κ2) is 14.1. The van der Waals surface area contributed by atoms with Crippen molar-refractivity contribution in [2.45, 2.75) is 25.9 Å². The zero-order valence-corrected chi connectivity index (χ0v) is 22.4. The first-order valence-corrected chi connectivity index (χ1v) is 12.7. The van der Waals surface area contributed by atoms with Gasteiger partial charge >= 0.3 is 0 Å². The highest BCUT2D eigenvalue weighted by Crippen LogP contribution is 2.29. The van der Waals surface area contributed by atoms with Crippen LogP contribution in [0.4, 0.5) is 5.69 Å². The molecule has 0 aromatic heterocycles. The number of piperidine rings is 1. The van der Waals surface area contributed by atoms with E-state index >= 15 is 0 Å². The lowest BCUT2D eigenvalue weighted by molar-refractivity contribution is 0.0989. The van der Waals surface area contributed by atoms with Crippen molar-refractivity contribution in [3.63, 3.8) is 0 Å². The molecule has 36 heavy (non-hydrogen) atoms. The van der Waals surface area contributed by atoms with Crippen LogP contribution in [0.25, 0.3) is 6.08 Å². The number of nitrogens with one attached hydrogen (secondary N) is 2. The van der Waals surface area contributed by atoms with Crippen molar-refractivity contribution in [3.8, 4) is 5.75 Å². The van der Waals surface area contributed by atoms with E-state index in [4.69, 9.17) is 21.6 Å². The number of hydrogen-bond acceptors (Lipinski definition) is 6. The number of carbonyl (C=O) groups excluding carboxylic acids is 1. The molecule has 6 N–H and O–H groups in total. The average Bonchev–Trinajstić information content (AvgIpc) is 2.83. The van der Waals surface area contributed by atoms with Crippen LogP contribution in [-0.2, 0) is 10.0 Å². The number of hydrogen-bond donors (Lipinski definition) is 4. The van der Waals surface area contributed by atoms with Crippen LogP contribution in [0.5, 0.6) is 5.75 Å². The third kappa shape index (κ3) is 8.12. The number of nitrogens with two attached hydrogens (primary N) is 2. The average molecular weight is 559 g/mol. The predicted octanol–water partition coefficient (Wildman–Crippen LogP) is 2.91. The maximum absolute atomic E-state index is 12.9. The molecule has 1 aliphatic heterocycles. The molecule has 2 aromatic rings. The molecule has 0 radical (unpaired) electrons. The van der Waals surface area contributed by atoms with E-state index in [0.29, 0.717) is 17.0 Å². The first-order chi connectivity index (χ1) is 16.2. The predicted molar refractivity (Wildman–Crippen MR) is 149 cm³/mol. The number of nitrogens with zero attached hydrogens (tertiary/aromatic N) is 1. The van der Waals surface area contributed by atoms with Crippen LogP contribution in [0.3, 0.4) is 0 Å². The fourth-order valence-corrected chi connectivity index (χ4v) is 4.75. The first-order valence-electron chi connectivity index (χ1n) is 11.1. The van der Waals surface area contributed by atoms with Crippen LogP contribution in [0.1, 0.15) is 41.3 Å². The van der Waals surface area contributed by atoms with Crippen molar-refractivity contribution < 1.29 is 17.9 Å². The molecule has 198 valence electrons. The van der Waals surface area contributed by atoms with Crippen molar-refractivity contribution in [1.82, 2.24) is 5.32 Å². The Bertz CT molecular complexity index is 1180. The van der Waals surface area contributed by atoms with Crippen LogP contribution in [0.15, 0.2) is 48.5 Å². The van der Waals surface area contributed by atoms with Gasteiger partial charge in [-0.3, -0.25) is 14.5 Å². The molecule has 0 saturated carbocycles. The van der Waals surface area contributed by atoms with Gasteiger partial charge < -0.3 is 21.5 Å². The van der Waals surface area contributed by atoms with E-state index in [0.717, 1.165) is 31.5 Å². The maximum Gasteiger partial charge on any atom is 0.252 e. The molecule has 1 fully saturated rings. The number of primary amides is 1. The molecular weight excluding hydrogens is 525 g/mol. The molecule has 0 unspecified atom stereocenters. The summed E-state index contributed by atoms with van der Waals surface area (Å²) in [5, 5.41) is 10.8. The van der Waals surface area contributed by atoms with Crippen molar-refractivity contribution in [3.05, 3.63) is 65.2 Å². The van der Waals surface area contributed by atoms with E-state index in [1.807, 2.05) is 6.07 Å². The minimum absolute atomic E-state index is 0. The third-order valence-electron chi connectivity index (χ3n) is 5.58. The highest BCUT2D eigenvalue weighted by molar-refractivity contribution is 7.92. The van der Waals surface area contributed by atoms with Crippen LogP contribution in [0.2, 0.25) is 0 Å². The van der Waals surface area contributed by atoms with Crippen LogP contribution < -0.4 is 25.8 Å². The number of amides is 1. The second-order valence-electron chi connectivity index (χ2n) is 7.99. The molecule has 1 amide bonds. The second-order valence-corrected chi connectivity index (χ2v) is 10.2. The lowest BCUT2D eigenvalue weighted by Crippen LogP contribution is -2.35. The molecule has 0 bridgehead atoms. The third-order valence-corrected chi connectivity index (χ3v) is 7.34. The number of rotatable bonds is 10. The summed E-state index contributed by atoms with van der Waals surface area (Å²) >= 11 is 0. The Morgan fingerprint density at radius 2 is 1.86 bits per heavy atom. The quantitative estimate of drug-likeness (QED) is 0.260. The Balaban J connectivity index is 0.00000324. The maximum atomic E-state index is 12.9. The number of ether oxygens (including phenoxy) is 1. The van der Waals surface area contributed by atoms with Gasteiger partial charge in [-0.05, 0) is 62.7 Å². The summed E-state index contributed by atoms with van der Waals surface area (Å²) < 4.78 is 33.0. The van der Waals surface area contributed by atoms with Gasteiger partial charge in [0.2, 0.25) is 10.0 Å². The zero-order chi connectivity index (χ0) is 24.7. The fraction of sp³-hybridized carbons (Fsp3) is 0.333. The number of anilines is 1. The summed E-state index contributed by atoms with van der Waals surface area (Å²) in [5.74, 6) is -0.485. The lowest BCUT2D eigenvalue weighted by atomic mass is 10.1. The summed E-state index contributed by atoms with van der Waals surface area (Å²) in [6.45, 7) is 3.27. The first kappa shape index (κ1) is 31.2. The lowest BCUT2D eigenvalue weighted by Gasteiger charge is -2.26. The van der Waals surface area contributed by atoms with Gasteiger partial charge in [0.05, 0.1) is 23.5 Å². The minimum atomic E-state index is -3.65. The number of amidine groups is 1. The minimum Gasteiger partial charge on any atom is -0.489 e. The Kier molecular flexibility index (Phi) is 12.2. The molecule has 1 aliphatic rings. The van der Waals surface area contributed by atoms with E-state index in [1.165, 1.54) is 10.4 Å². The van der Waals surface area contributed by atoms with Crippen LogP contribution >= 0.6 is 24.8 Å². The highest BCUT2D eigenvalue weighted by Gasteiger charge is 2.23. The van der Waals surface area contributed by atoms with E-state index in [9.17, 15) is 13.2 Å². The molecule has 0 atom stereocenters. The molecule has 0 spiro atoms. The number of benzene rings is 2. The monoisotopic (exact) mass is 557 g/mol. The number of nitrogen functional groups attached to an aromatic ring is 1. The Labute approximate surface area is 224 Å². The molecule has 3 rings (SSSR count). The number of carbonyl (C=O) groups is 1. The molecular formula is C24H33Cl2N5O4S. The molecule has 9 nitrogen and oxygen atoms in total. The van der Waals surface area contributed by atoms with Gasteiger partial charge in [-0.1, -0.05) is 30.4 Å². The summed E-state index contributed by atoms with van der Waals surface area (Å²) in [6, 6.07) is 11.8. The van der Waals surface area contributed by atoms with E-state index in [2.05, 4.69) is 5.32 Å². The summed E-state index contributed by atoms with van der Waals surface area (Å²) in [4.78, 5) is 12.2. The van der Waals surface area contributed by atoms with E-state index < -0.39 is 15.9 Å². The fourth-order valence-electron chi connectivity index (χ4n) is 3.69. The summed E-state index contributed by atoms with van der Waals surface area (Å²) in [6.07, 6.45) is 5.05. The van der Waals surface area contributed by atoms with Gasteiger partial charge in [0.25, 0.3) is 5.91 Å². The van der Waals surface area contributed by atoms with Gasteiger partial charge in [0, 0.05) is 5.56 Å². The Morgan fingerprint density at radius 1 is 1.17 bits per heavy atom. The van der Waals surface area contributed by atoms with Gasteiger partial charge in [-0.15, -0.1) is 24.8 Å². The van der Waals surface area contributed by atoms with E-state index in [-0.39, 0.29) is 54.6 Å². The Morgan fingerprint density at radius 3 is 2.47 bits per heavy atom. The summed E-state index contributed by atoms with van der Waals surface area (Å²) in [7, 11) is -3.65. The van der Waals surface area contributed by atoms with Gasteiger partial charge in [-0.2, -0.15) is 0 Å². The SMILES string of the molecule is CCS(=O)(=O)N(C/C=C/c1cccc(C(=N)N)c1)c1ccc(OC2CCNCC2)c(C(N)=O)c1.Cl.Cl. The van der Waals surface area contributed by atoms with Gasteiger partial charge in [0.1, 0.15) is 17.7 Å². The van der Waals surface area contributed by atoms with Gasteiger partial charge in [-0.25, -0.2) is 8.42 Å². The Hall–Kier alpha value is -2.79. The molecule has 1 saturated heterocycles. The molecule has 2 aromatic carbocycles. The summed E-state index contributed by atoms with van der Waals surface area (Å²) in [5.41, 5.74) is 13.0. The smallest absolute Gasteiger partial charge is 0.252 e. The molecule has 0 aliphatic carbocycles. The topological polar surface area (TPSA) is 152 Å². The van der Waals surface area contributed by atoms with E-state index in [1.54, 1.807) is 49.4 Å². The molecule has 1 heterocycles. The zero-order valence-electron chi connectivity index (χ0n) is 20.0. The van der Waals surface area contributed by atoms with Crippen molar-refractivity contribution in [2.75, 3.05) is 29.7 Å². The number of halogens is 2. The van der Waals surface area contributed by atoms with Crippen LogP contribution in [-0.4, -0.2) is 51.7 Å². The van der Waals surface area contributed by atoms with Crippen molar-refractivity contribution >= 4 is 58.3 Å². The highest BCUT2D eigenvalue weighted by atomic mass is 35.5. The largest absolute Gasteiger partial charge is 0.489 e. The van der Waals surface area contributed by atoms with Crippen LogP contribution in [0, 0.1) is 5.41 Å². The normalized spacial score (nSPS) is 13.9.